The van der Waals surface area contributed by atoms with Crippen molar-refractivity contribution in [3.8, 4) is 0 Å². The predicted molar refractivity (Wildman–Crippen MR) is 41.1 cm³/mol. The summed E-state index contributed by atoms with van der Waals surface area (Å²) in [6, 6.07) is 0. The van der Waals surface area contributed by atoms with E-state index in [9.17, 15) is 0 Å². The van der Waals surface area contributed by atoms with E-state index in [0.717, 1.165) is 13.2 Å². The van der Waals surface area contributed by atoms with Gasteiger partial charge in [-0.2, -0.15) is 0 Å². The van der Waals surface area contributed by atoms with Crippen molar-refractivity contribution >= 4 is 0 Å². The van der Waals surface area contributed by atoms with Crippen LogP contribution < -0.4 is 0 Å². The Morgan fingerprint density at radius 3 is 1.50 bits per heavy atom. The lowest BCUT2D eigenvalue weighted by atomic mass is 10.1. The number of hydrogen-bond donors (Lipinski definition) is 0. The van der Waals surface area contributed by atoms with Crippen molar-refractivity contribution in [3.63, 3.8) is 0 Å². The molecule has 0 amide bonds. The average Bonchev–Trinajstić information content (AvgIpc) is 2.85. The van der Waals surface area contributed by atoms with Crippen molar-refractivity contribution in [1.29, 1.82) is 0 Å². The lowest BCUT2D eigenvalue weighted by molar-refractivity contribution is -0.0589. The second-order valence-electron chi connectivity index (χ2n) is 3.14. The molecule has 0 aromatic heterocycles. The fourth-order valence-electron chi connectivity index (χ4n) is 1.49. The Bertz CT molecular complexity index is 135. The molecule has 0 unspecified atom stereocenters. The highest BCUT2D eigenvalue weighted by Crippen LogP contribution is 2.27. The first-order chi connectivity index (χ1) is 5.86. The molecule has 12 heavy (non-hydrogen) atoms. The Kier molecular flexibility index (Phi) is 2.32. The van der Waals surface area contributed by atoms with Gasteiger partial charge in [0.05, 0.1) is 13.2 Å². The van der Waals surface area contributed by atoms with Gasteiger partial charge in [0.2, 0.25) is 0 Å². The van der Waals surface area contributed by atoms with Gasteiger partial charge in [0.25, 0.3) is 0 Å². The van der Waals surface area contributed by atoms with Crippen LogP contribution in [0.1, 0.15) is 0 Å². The van der Waals surface area contributed by atoms with Gasteiger partial charge in [0, 0.05) is 14.2 Å². The lowest BCUT2D eigenvalue weighted by Crippen LogP contribution is -2.38. The topological polar surface area (TPSA) is 43.5 Å². The zero-order valence-electron chi connectivity index (χ0n) is 7.36. The van der Waals surface area contributed by atoms with Gasteiger partial charge in [0.1, 0.15) is 24.4 Å². The molecule has 0 bridgehead atoms. The van der Waals surface area contributed by atoms with E-state index in [-0.39, 0.29) is 24.4 Å². The molecule has 0 aromatic rings. The van der Waals surface area contributed by atoms with Gasteiger partial charge in [-0.3, -0.25) is 0 Å². The highest BCUT2D eigenvalue weighted by molar-refractivity contribution is 4.93. The first-order valence-corrected chi connectivity index (χ1v) is 4.15. The summed E-state index contributed by atoms with van der Waals surface area (Å²) in [6.45, 7) is 1.57. The molecule has 0 N–H and O–H groups in total. The highest BCUT2D eigenvalue weighted by atomic mass is 16.6. The molecule has 0 aromatic carbocycles. The molecule has 0 aliphatic carbocycles. The molecule has 4 nitrogen and oxygen atoms in total. The van der Waals surface area contributed by atoms with Gasteiger partial charge in [-0.25, -0.2) is 0 Å². The number of ether oxygens (including phenoxy) is 4. The molecule has 4 heteroatoms. The fourth-order valence-corrected chi connectivity index (χ4v) is 1.49. The summed E-state index contributed by atoms with van der Waals surface area (Å²) in [5, 5.41) is 0. The second-order valence-corrected chi connectivity index (χ2v) is 3.14. The summed E-state index contributed by atoms with van der Waals surface area (Å²) in [4.78, 5) is 0. The molecule has 0 saturated carbocycles. The molecule has 4 atom stereocenters. The Labute approximate surface area is 71.7 Å². The molecule has 0 radical (unpaired) electrons. The SMILES string of the molecule is CO[C@@H]([C@H](OC)[C@H]1CO1)[C@@H]1CO1. The third-order valence-electron chi connectivity index (χ3n) is 2.32. The second kappa shape index (κ2) is 3.30. The van der Waals surface area contributed by atoms with Crippen molar-refractivity contribution in [2.24, 2.45) is 0 Å². The maximum absolute atomic E-state index is 5.30. The van der Waals surface area contributed by atoms with Crippen LogP contribution in [0, 0.1) is 0 Å². The lowest BCUT2D eigenvalue weighted by Gasteiger charge is -2.21. The minimum absolute atomic E-state index is 0.0301. The largest absolute Gasteiger partial charge is 0.376 e. The minimum Gasteiger partial charge on any atom is -0.376 e. The standard InChI is InChI=1S/C8H14O4/c1-9-7(5-3-11-5)8(10-2)6-4-12-6/h5-8H,3-4H2,1-2H3/t5-,6+,7-,8-/m1/s1. The van der Waals surface area contributed by atoms with Crippen LogP contribution in [-0.4, -0.2) is 51.8 Å². The van der Waals surface area contributed by atoms with E-state index in [1.165, 1.54) is 0 Å². The zero-order valence-corrected chi connectivity index (χ0v) is 7.36. The van der Waals surface area contributed by atoms with E-state index in [0.29, 0.717) is 0 Å². The van der Waals surface area contributed by atoms with Gasteiger partial charge in [0.15, 0.2) is 0 Å². The summed E-state index contributed by atoms with van der Waals surface area (Å²) in [5.74, 6) is 0. The summed E-state index contributed by atoms with van der Waals surface area (Å²) in [5.41, 5.74) is 0. The first kappa shape index (κ1) is 8.44. The molecule has 2 aliphatic heterocycles. The van der Waals surface area contributed by atoms with Crippen LogP contribution in [0.25, 0.3) is 0 Å². The van der Waals surface area contributed by atoms with Crippen molar-refractivity contribution in [3.05, 3.63) is 0 Å². The van der Waals surface area contributed by atoms with Crippen molar-refractivity contribution in [2.45, 2.75) is 24.4 Å². The van der Waals surface area contributed by atoms with E-state index < -0.39 is 0 Å². The molecule has 2 rings (SSSR count). The highest BCUT2D eigenvalue weighted by Gasteiger charge is 2.46. The van der Waals surface area contributed by atoms with Gasteiger partial charge in [-0.05, 0) is 0 Å². The molecule has 2 heterocycles. The van der Waals surface area contributed by atoms with Crippen LogP contribution in [0.3, 0.4) is 0 Å². The van der Waals surface area contributed by atoms with Crippen LogP contribution >= 0.6 is 0 Å². The number of hydrogen-bond acceptors (Lipinski definition) is 4. The number of epoxide rings is 2. The quantitative estimate of drug-likeness (QED) is 0.542. The van der Waals surface area contributed by atoms with Crippen LogP contribution in [0.15, 0.2) is 0 Å². The summed E-state index contributed by atoms with van der Waals surface area (Å²) in [6.07, 6.45) is 0.485. The summed E-state index contributed by atoms with van der Waals surface area (Å²) >= 11 is 0. The molecular weight excluding hydrogens is 160 g/mol. The van der Waals surface area contributed by atoms with Gasteiger partial charge >= 0.3 is 0 Å². The fraction of sp³-hybridized carbons (Fsp3) is 1.00. The Morgan fingerprint density at radius 1 is 1.00 bits per heavy atom. The monoisotopic (exact) mass is 174 g/mol. The van der Waals surface area contributed by atoms with E-state index >= 15 is 0 Å². The van der Waals surface area contributed by atoms with E-state index in [2.05, 4.69) is 0 Å². The Morgan fingerprint density at radius 2 is 1.33 bits per heavy atom. The third kappa shape index (κ3) is 1.61. The Balaban J connectivity index is 1.91. The van der Waals surface area contributed by atoms with Crippen molar-refractivity contribution in [1.82, 2.24) is 0 Å². The predicted octanol–water partition coefficient (Wildman–Crippen LogP) is -0.186. The maximum Gasteiger partial charge on any atom is 0.114 e. The number of rotatable bonds is 5. The van der Waals surface area contributed by atoms with Gasteiger partial charge in [-0.1, -0.05) is 0 Å². The van der Waals surface area contributed by atoms with E-state index in [1.54, 1.807) is 14.2 Å². The van der Waals surface area contributed by atoms with Crippen LogP contribution in [-0.2, 0) is 18.9 Å². The molecule has 70 valence electrons. The van der Waals surface area contributed by atoms with Crippen molar-refractivity contribution in [2.75, 3.05) is 27.4 Å². The first-order valence-electron chi connectivity index (χ1n) is 4.15. The zero-order chi connectivity index (χ0) is 8.55. The van der Waals surface area contributed by atoms with Crippen LogP contribution in [0.2, 0.25) is 0 Å². The van der Waals surface area contributed by atoms with E-state index in [4.69, 9.17) is 18.9 Å². The maximum atomic E-state index is 5.30. The average molecular weight is 174 g/mol. The van der Waals surface area contributed by atoms with Gasteiger partial charge < -0.3 is 18.9 Å². The van der Waals surface area contributed by atoms with Crippen LogP contribution in [0.4, 0.5) is 0 Å². The normalized spacial score (nSPS) is 37.5. The minimum atomic E-state index is 0.0301. The number of methoxy groups -OCH3 is 2. The van der Waals surface area contributed by atoms with Crippen LogP contribution in [0.5, 0.6) is 0 Å². The Hall–Kier alpha value is -0.160. The third-order valence-corrected chi connectivity index (χ3v) is 2.32. The molecule has 2 aliphatic rings. The van der Waals surface area contributed by atoms with Crippen molar-refractivity contribution < 1.29 is 18.9 Å². The molecule has 2 fully saturated rings. The molecule has 2 saturated heterocycles. The molecule has 0 spiro atoms. The summed E-state index contributed by atoms with van der Waals surface area (Å²) < 4.78 is 20.9. The van der Waals surface area contributed by atoms with Gasteiger partial charge in [-0.15, -0.1) is 0 Å². The van der Waals surface area contributed by atoms with E-state index in [1.807, 2.05) is 0 Å². The summed E-state index contributed by atoms with van der Waals surface area (Å²) in [7, 11) is 3.36. The smallest absolute Gasteiger partial charge is 0.114 e. The molecular formula is C8H14O4.